The van der Waals surface area contributed by atoms with Gasteiger partial charge in [0.15, 0.2) is 0 Å². The van der Waals surface area contributed by atoms with E-state index in [1.807, 2.05) is 42.1 Å². The molecule has 0 aliphatic heterocycles. The molecule has 0 amide bonds. The monoisotopic (exact) mass is 491 g/mol. The van der Waals surface area contributed by atoms with E-state index in [0.29, 0.717) is 19.6 Å². The molecular weight excluding hydrogens is 458 g/mol. The van der Waals surface area contributed by atoms with E-state index in [-0.39, 0.29) is 6.42 Å². The number of pyridine rings is 1. The van der Waals surface area contributed by atoms with E-state index in [1.165, 1.54) is 16.7 Å². The van der Waals surface area contributed by atoms with Gasteiger partial charge in [-0.15, -0.1) is 0 Å². The van der Waals surface area contributed by atoms with E-state index < -0.39 is 5.97 Å². The van der Waals surface area contributed by atoms with Gasteiger partial charge in [-0.3, -0.25) is 4.79 Å². The molecule has 1 aromatic heterocycles. The first-order chi connectivity index (χ1) is 17.1. The summed E-state index contributed by atoms with van der Waals surface area (Å²) in [6, 6.07) is 18.4. The zero-order chi connectivity index (χ0) is 24.5. The second-order valence-corrected chi connectivity index (χ2v) is 10.1. The van der Waals surface area contributed by atoms with Crippen LogP contribution in [-0.2, 0) is 30.7 Å². The molecular formula is C29H33NO4S. The molecule has 184 valence electrons. The van der Waals surface area contributed by atoms with Gasteiger partial charge in [0.25, 0.3) is 0 Å². The maximum absolute atomic E-state index is 10.8. The number of carbonyl (C=O) groups is 1. The highest BCUT2D eigenvalue weighted by Crippen LogP contribution is 2.34. The minimum absolute atomic E-state index is 0.136. The van der Waals surface area contributed by atoms with Crippen LogP contribution in [0.15, 0.2) is 54.6 Å². The van der Waals surface area contributed by atoms with Crippen LogP contribution in [0.5, 0.6) is 11.6 Å². The largest absolute Gasteiger partial charge is 0.489 e. The lowest BCUT2D eigenvalue weighted by Crippen LogP contribution is -2.03. The summed E-state index contributed by atoms with van der Waals surface area (Å²) >= 11 is 1.94. The lowest BCUT2D eigenvalue weighted by Gasteiger charge is -2.13. The van der Waals surface area contributed by atoms with E-state index in [9.17, 15) is 4.79 Å². The van der Waals surface area contributed by atoms with E-state index in [2.05, 4.69) is 31.2 Å². The lowest BCUT2D eigenvalue weighted by atomic mass is 9.97. The molecule has 1 aliphatic carbocycles. The molecule has 0 saturated heterocycles. The van der Waals surface area contributed by atoms with Crippen molar-refractivity contribution in [2.45, 2.75) is 52.1 Å². The third kappa shape index (κ3) is 7.25. The summed E-state index contributed by atoms with van der Waals surface area (Å²) in [7, 11) is 0. The Morgan fingerprint density at radius 2 is 1.83 bits per heavy atom. The highest BCUT2D eigenvalue weighted by molar-refractivity contribution is 7.99. The minimum Gasteiger partial charge on any atom is -0.489 e. The van der Waals surface area contributed by atoms with E-state index in [1.54, 1.807) is 0 Å². The Morgan fingerprint density at radius 3 is 2.63 bits per heavy atom. The van der Waals surface area contributed by atoms with Crippen LogP contribution in [0, 0.1) is 0 Å². The van der Waals surface area contributed by atoms with Crippen LogP contribution in [0.2, 0.25) is 0 Å². The number of aromatic nitrogens is 1. The van der Waals surface area contributed by atoms with Gasteiger partial charge >= 0.3 is 5.97 Å². The number of ether oxygens (including phenoxy) is 2. The number of benzene rings is 2. The fourth-order valence-electron chi connectivity index (χ4n) is 4.28. The quantitative estimate of drug-likeness (QED) is 0.298. The summed E-state index contributed by atoms with van der Waals surface area (Å²) in [5.74, 6) is 2.98. The lowest BCUT2D eigenvalue weighted by molar-refractivity contribution is -0.136. The number of aryl methyl sites for hydroxylation is 3. The van der Waals surface area contributed by atoms with Crippen molar-refractivity contribution in [2.24, 2.45) is 0 Å². The average molecular weight is 492 g/mol. The number of hydrogen-bond acceptors (Lipinski definition) is 5. The van der Waals surface area contributed by atoms with E-state index >= 15 is 0 Å². The Labute approximate surface area is 211 Å². The van der Waals surface area contributed by atoms with Crippen LogP contribution in [0.25, 0.3) is 11.1 Å². The molecule has 35 heavy (non-hydrogen) atoms. The van der Waals surface area contributed by atoms with Crippen molar-refractivity contribution in [3.63, 3.8) is 0 Å². The molecule has 5 nitrogen and oxygen atoms in total. The van der Waals surface area contributed by atoms with Gasteiger partial charge in [-0.25, -0.2) is 4.98 Å². The zero-order valence-electron chi connectivity index (χ0n) is 20.3. The normalized spacial score (nSPS) is 12.4. The van der Waals surface area contributed by atoms with Crippen molar-refractivity contribution in [3.05, 3.63) is 77.0 Å². The summed E-state index contributed by atoms with van der Waals surface area (Å²) < 4.78 is 11.9. The predicted molar refractivity (Wildman–Crippen MR) is 142 cm³/mol. The number of carboxylic acid groups (broad SMARTS) is 1. The molecule has 0 atom stereocenters. The Morgan fingerprint density at radius 1 is 1.00 bits per heavy atom. The molecule has 6 heteroatoms. The number of thioether (sulfide) groups is 1. The van der Waals surface area contributed by atoms with E-state index in [4.69, 9.17) is 19.6 Å². The highest BCUT2D eigenvalue weighted by Gasteiger charge is 2.17. The van der Waals surface area contributed by atoms with Gasteiger partial charge in [0.2, 0.25) is 5.88 Å². The smallest absolute Gasteiger partial charge is 0.303 e. The number of hydrogen-bond donors (Lipinski definition) is 1. The van der Waals surface area contributed by atoms with Crippen molar-refractivity contribution in [1.29, 1.82) is 0 Å². The Kier molecular flexibility index (Phi) is 9.07. The fourth-order valence-corrected chi connectivity index (χ4v) is 4.89. The third-order valence-electron chi connectivity index (χ3n) is 6.12. The molecule has 0 fully saturated rings. The first-order valence-electron chi connectivity index (χ1n) is 12.4. The first kappa shape index (κ1) is 25.1. The van der Waals surface area contributed by atoms with Crippen LogP contribution in [0.1, 0.15) is 48.6 Å². The Hall–Kier alpha value is -2.99. The minimum atomic E-state index is -0.782. The standard InChI is InChI=1S/C29H33NO4S/c1-2-35-18-4-17-33-28-15-14-25-26-19-22(7-11-23(26)5-3-6-27(25)30-28)20-34-24-12-8-21(9-13-24)10-16-29(31)32/h7-9,11-15,19H,2-6,10,16-18,20H2,1H3,(H,31,32). The number of nitrogens with zero attached hydrogens (tertiary/aromatic N) is 1. The van der Waals surface area contributed by atoms with Crippen LogP contribution < -0.4 is 9.47 Å². The van der Waals surface area contributed by atoms with Gasteiger partial charge in [0, 0.05) is 18.1 Å². The van der Waals surface area contributed by atoms with Gasteiger partial charge in [0.05, 0.1) is 12.3 Å². The molecule has 1 heterocycles. The maximum atomic E-state index is 10.8. The molecule has 0 unspecified atom stereocenters. The predicted octanol–water partition coefficient (Wildman–Crippen LogP) is 6.36. The van der Waals surface area contributed by atoms with Crippen LogP contribution >= 0.6 is 11.8 Å². The van der Waals surface area contributed by atoms with Gasteiger partial charge in [-0.05, 0) is 90.1 Å². The molecule has 0 saturated carbocycles. The average Bonchev–Trinajstić information content (AvgIpc) is 3.05. The fraction of sp³-hybridized carbons (Fsp3) is 0.379. The second kappa shape index (κ2) is 12.6. The molecule has 0 spiro atoms. The van der Waals surface area contributed by atoms with Gasteiger partial charge < -0.3 is 14.6 Å². The summed E-state index contributed by atoms with van der Waals surface area (Å²) in [6.07, 6.45) is 4.76. The molecule has 2 aromatic carbocycles. The maximum Gasteiger partial charge on any atom is 0.303 e. The summed E-state index contributed by atoms with van der Waals surface area (Å²) in [4.78, 5) is 15.6. The van der Waals surface area contributed by atoms with Crippen molar-refractivity contribution in [3.8, 4) is 22.8 Å². The molecule has 3 aromatic rings. The highest BCUT2D eigenvalue weighted by atomic mass is 32.2. The molecule has 4 rings (SSSR count). The van der Waals surface area contributed by atoms with Crippen LogP contribution in [0.3, 0.4) is 0 Å². The van der Waals surface area contributed by atoms with Crippen LogP contribution in [-0.4, -0.2) is 34.2 Å². The Balaban J connectivity index is 1.41. The number of aliphatic carboxylic acids is 1. The van der Waals surface area contributed by atoms with Gasteiger partial charge in [-0.1, -0.05) is 31.2 Å². The number of rotatable bonds is 12. The zero-order valence-corrected chi connectivity index (χ0v) is 21.1. The second-order valence-electron chi connectivity index (χ2n) is 8.71. The first-order valence-corrected chi connectivity index (χ1v) is 13.5. The van der Waals surface area contributed by atoms with Crippen molar-refractivity contribution < 1.29 is 19.4 Å². The SMILES string of the molecule is CCSCCCOc1ccc2c(n1)CCCc1ccc(COc3ccc(CCC(=O)O)cc3)cc1-2. The number of carboxylic acids is 1. The molecule has 0 radical (unpaired) electrons. The van der Waals surface area contributed by atoms with Crippen molar-refractivity contribution in [1.82, 2.24) is 4.98 Å². The molecule has 1 aliphatic rings. The number of fused-ring (bicyclic) bond motifs is 3. The molecule has 1 N–H and O–H groups in total. The van der Waals surface area contributed by atoms with E-state index in [0.717, 1.165) is 65.6 Å². The molecule has 0 bridgehead atoms. The summed E-state index contributed by atoms with van der Waals surface area (Å²) in [6.45, 7) is 3.36. The Bertz CT molecular complexity index is 1130. The van der Waals surface area contributed by atoms with Crippen LogP contribution in [0.4, 0.5) is 0 Å². The third-order valence-corrected chi connectivity index (χ3v) is 7.10. The van der Waals surface area contributed by atoms with Gasteiger partial charge in [-0.2, -0.15) is 11.8 Å². The van der Waals surface area contributed by atoms with Gasteiger partial charge in [0.1, 0.15) is 12.4 Å². The van der Waals surface area contributed by atoms with Crippen molar-refractivity contribution >= 4 is 17.7 Å². The summed E-state index contributed by atoms with van der Waals surface area (Å²) in [5, 5.41) is 8.84. The van der Waals surface area contributed by atoms with Crippen molar-refractivity contribution in [2.75, 3.05) is 18.1 Å². The summed E-state index contributed by atoms with van der Waals surface area (Å²) in [5.41, 5.74) is 7.00. The topological polar surface area (TPSA) is 68.7 Å².